The third-order valence-corrected chi connectivity index (χ3v) is 2.02. The van der Waals surface area contributed by atoms with Crippen LogP contribution in [0.25, 0.3) is 0 Å². The Morgan fingerprint density at radius 3 is 2.80 bits per heavy atom. The lowest BCUT2D eigenvalue weighted by atomic mass is 10.2. The molecule has 1 heterocycles. The zero-order chi connectivity index (χ0) is 11.3. The summed E-state index contributed by atoms with van der Waals surface area (Å²) in [5, 5.41) is 15.7. The van der Waals surface area contributed by atoms with Crippen molar-refractivity contribution >= 4 is 0 Å². The minimum atomic E-state index is -2.62. The molecule has 0 saturated carbocycles. The summed E-state index contributed by atoms with van der Waals surface area (Å²) in [6.07, 6.45) is -1.07. The lowest BCUT2D eigenvalue weighted by molar-refractivity contribution is 0.137. The SMILES string of the molecule is CCCCn1nnc(CC#N)c1C(F)F. The van der Waals surface area contributed by atoms with Crippen LogP contribution in [0.4, 0.5) is 8.78 Å². The molecule has 4 nitrogen and oxygen atoms in total. The molecule has 0 atom stereocenters. The molecular formula is C9H12F2N4. The lowest BCUT2D eigenvalue weighted by Gasteiger charge is -2.04. The number of alkyl halides is 2. The van der Waals surface area contributed by atoms with Crippen molar-refractivity contribution in [3.05, 3.63) is 11.4 Å². The predicted octanol–water partition coefficient (Wildman–Crippen LogP) is 2.08. The summed E-state index contributed by atoms with van der Waals surface area (Å²) in [6, 6.07) is 1.80. The van der Waals surface area contributed by atoms with Crippen LogP contribution in [-0.4, -0.2) is 15.0 Å². The summed E-state index contributed by atoms with van der Waals surface area (Å²) < 4.78 is 26.5. The Morgan fingerprint density at radius 2 is 2.27 bits per heavy atom. The summed E-state index contributed by atoms with van der Waals surface area (Å²) in [6.45, 7) is 2.39. The van der Waals surface area contributed by atoms with Crippen LogP contribution in [0, 0.1) is 11.3 Å². The molecular weight excluding hydrogens is 202 g/mol. The van der Waals surface area contributed by atoms with Gasteiger partial charge in [0.25, 0.3) is 6.43 Å². The first-order chi connectivity index (χ1) is 7.20. The molecule has 0 radical (unpaired) electrons. The smallest absolute Gasteiger partial charge is 0.243 e. The Bertz CT molecular complexity index is 353. The van der Waals surface area contributed by atoms with Gasteiger partial charge in [-0.1, -0.05) is 18.6 Å². The molecule has 0 aliphatic carbocycles. The normalized spacial score (nSPS) is 10.6. The number of halogens is 2. The van der Waals surface area contributed by atoms with Crippen molar-refractivity contribution in [1.29, 1.82) is 5.26 Å². The first kappa shape index (κ1) is 11.6. The first-order valence-electron chi connectivity index (χ1n) is 4.78. The topological polar surface area (TPSA) is 54.5 Å². The second-order valence-corrected chi connectivity index (χ2v) is 3.13. The van der Waals surface area contributed by atoms with E-state index in [1.54, 1.807) is 6.07 Å². The van der Waals surface area contributed by atoms with Crippen LogP contribution in [0.15, 0.2) is 0 Å². The fourth-order valence-electron chi connectivity index (χ4n) is 1.27. The van der Waals surface area contributed by atoms with Gasteiger partial charge in [0, 0.05) is 6.54 Å². The van der Waals surface area contributed by atoms with E-state index in [4.69, 9.17) is 5.26 Å². The molecule has 0 unspecified atom stereocenters. The Balaban J connectivity index is 2.91. The summed E-state index contributed by atoms with van der Waals surface area (Å²) >= 11 is 0. The molecule has 0 aliphatic heterocycles. The molecule has 1 rings (SSSR count). The van der Waals surface area contributed by atoms with Gasteiger partial charge in [0.2, 0.25) is 0 Å². The van der Waals surface area contributed by atoms with Crippen LogP contribution in [0.1, 0.15) is 37.6 Å². The molecule has 15 heavy (non-hydrogen) atoms. The van der Waals surface area contributed by atoms with Gasteiger partial charge in [-0.05, 0) is 6.42 Å². The van der Waals surface area contributed by atoms with Crippen LogP contribution in [0.2, 0.25) is 0 Å². The van der Waals surface area contributed by atoms with Gasteiger partial charge in [0.15, 0.2) is 0 Å². The van der Waals surface area contributed by atoms with Gasteiger partial charge in [-0.15, -0.1) is 5.10 Å². The van der Waals surface area contributed by atoms with Crippen LogP contribution in [-0.2, 0) is 13.0 Å². The Kier molecular flexibility index (Phi) is 4.16. The van der Waals surface area contributed by atoms with E-state index in [0.29, 0.717) is 6.54 Å². The van der Waals surface area contributed by atoms with Crippen molar-refractivity contribution in [3.8, 4) is 6.07 Å². The molecule has 0 bridgehead atoms. The minimum Gasteiger partial charge on any atom is -0.243 e. The van der Waals surface area contributed by atoms with Gasteiger partial charge in [0.05, 0.1) is 12.5 Å². The summed E-state index contributed by atoms with van der Waals surface area (Å²) in [5.74, 6) is 0. The van der Waals surface area contributed by atoms with E-state index in [2.05, 4.69) is 10.3 Å². The predicted molar refractivity (Wildman–Crippen MR) is 49.2 cm³/mol. The van der Waals surface area contributed by atoms with Gasteiger partial charge >= 0.3 is 0 Å². The van der Waals surface area contributed by atoms with Crippen molar-refractivity contribution < 1.29 is 8.78 Å². The van der Waals surface area contributed by atoms with Crippen LogP contribution in [0.3, 0.4) is 0 Å². The summed E-state index contributed by atoms with van der Waals surface area (Å²) in [5.41, 5.74) is -0.131. The molecule has 0 spiro atoms. The summed E-state index contributed by atoms with van der Waals surface area (Å²) in [7, 11) is 0. The van der Waals surface area contributed by atoms with E-state index in [-0.39, 0.29) is 17.8 Å². The van der Waals surface area contributed by atoms with Gasteiger partial charge in [-0.25, -0.2) is 13.5 Å². The van der Waals surface area contributed by atoms with E-state index in [1.807, 2.05) is 6.92 Å². The highest BCUT2D eigenvalue weighted by molar-refractivity contribution is 5.15. The van der Waals surface area contributed by atoms with Gasteiger partial charge in [-0.2, -0.15) is 5.26 Å². The quantitative estimate of drug-likeness (QED) is 0.754. The molecule has 6 heteroatoms. The van der Waals surface area contributed by atoms with Crippen molar-refractivity contribution in [2.45, 2.75) is 39.2 Å². The second-order valence-electron chi connectivity index (χ2n) is 3.13. The van der Waals surface area contributed by atoms with E-state index in [1.165, 1.54) is 4.68 Å². The number of unbranched alkanes of at least 4 members (excludes halogenated alkanes) is 1. The van der Waals surface area contributed by atoms with Gasteiger partial charge < -0.3 is 0 Å². The van der Waals surface area contributed by atoms with Gasteiger partial charge in [0.1, 0.15) is 11.4 Å². The highest BCUT2D eigenvalue weighted by Gasteiger charge is 2.20. The van der Waals surface area contributed by atoms with E-state index in [0.717, 1.165) is 12.8 Å². The zero-order valence-corrected chi connectivity index (χ0v) is 8.45. The third kappa shape index (κ3) is 2.72. The number of rotatable bonds is 5. The average molecular weight is 214 g/mol. The van der Waals surface area contributed by atoms with Crippen molar-refractivity contribution in [1.82, 2.24) is 15.0 Å². The maximum absolute atomic E-state index is 12.7. The molecule has 1 aromatic heterocycles. The van der Waals surface area contributed by atoms with Crippen LogP contribution >= 0.6 is 0 Å². The van der Waals surface area contributed by atoms with Gasteiger partial charge in [-0.3, -0.25) is 0 Å². The Morgan fingerprint density at radius 1 is 1.53 bits per heavy atom. The van der Waals surface area contributed by atoms with Crippen molar-refractivity contribution in [3.63, 3.8) is 0 Å². The number of hydrogen-bond donors (Lipinski definition) is 0. The second kappa shape index (κ2) is 5.39. The number of nitrogens with zero attached hydrogens (tertiary/aromatic N) is 4. The molecule has 0 aromatic carbocycles. The van der Waals surface area contributed by atoms with Crippen molar-refractivity contribution in [2.75, 3.05) is 0 Å². The first-order valence-corrected chi connectivity index (χ1v) is 4.78. The number of aryl methyl sites for hydroxylation is 1. The monoisotopic (exact) mass is 214 g/mol. The molecule has 82 valence electrons. The Hall–Kier alpha value is -1.51. The Labute approximate surface area is 86.5 Å². The molecule has 0 saturated heterocycles. The van der Waals surface area contributed by atoms with E-state index >= 15 is 0 Å². The maximum Gasteiger partial charge on any atom is 0.281 e. The molecule has 0 amide bonds. The highest BCUT2D eigenvalue weighted by Crippen LogP contribution is 2.21. The number of aromatic nitrogens is 3. The fourth-order valence-corrected chi connectivity index (χ4v) is 1.27. The maximum atomic E-state index is 12.7. The zero-order valence-electron chi connectivity index (χ0n) is 8.45. The van der Waals surface area contributed by atoms with E-state index in [9.17, 15) is 8.78 Å². The lowest BCUT2D eigenvalue weighted by Crippen LogP contribution is -2.06. The summed E-state index contributed by atoms with van der Waals surface area (Å²) in [4.78, 5) is 0. The fraction of sp³-hybridized carbons (Fsp3) is 0.667. The van der Waals surface area contributed by atoms with Crippen LogP contribution in [0.5, 0.6) is 0 Å². The van der Waals surface area contributed by atoms with Crippen molar-refractivity contribution in [2.24, 2.45) is 0 Å². The van der Waals surface area contributed by atoms with Crippen LogP contribution < -0.4 is 0 Å². The number of hydrogen-bond acceptors (Lipinski definition) is 3. The molecule has 0 aliphatic rings. The highest BCUT2D eigenvalue weighted by atomic mass is 19.3. The largest absolute Gasteiger partial charge is 0.281 e. The standard InChI is InChI=1S/C9H12F2N4/c1-2-3-6-15-8(9(10)11)7(4-5-12)13-14-15/h9H,2-4,6H2,1H3. The molecule has 1 aromatic rings. The average Bonchev–Trinajstić information content (AvgIpc) is 2.58. The number of nitriles is 1. The molecule has 0 N–H and O–H groups in total. The molecule has 0 fully saturated rings. The minimum absolute atomic E-state index is 0.0867. The van der Waals surface area contributed by atoms with E-state index < -0.39 is 6.43 Å². The third-order valence-electron chi connectivity index (χ3n) is 2.02.